The van der Waals surface area contributed by atoms with Crippen molar-refractivity contribution in [2.75, 3.05) is 6.54 Å². The van der Waals surface area contributed by atoms with Crippen LogP contribution in [0.25, 0.3) is 0 Å². The molecule has 9 heteroatoms. The van der Waals surface area contributed by atoms with Crippen LogP contribution in [0.1, 0.15) is 23.8 Å². The molecule has 0 saturated carbocycles. The average Bonchev–Trinajstić information content (AvgIpc) is 3.18. The van der Waals surface area contributed by atoms with Gasteiger partial charge in [-0.1, -0.05) is 6.07 Å². The molecule has 2 aromatic rings. The van der Waals surface area contributed by atoms with E-state index in [-0.39, 0.29) is 10.9 Å². The molecular formula is C14H17N3O4S2. The summed E-state index contributed by atoms with van der Waals surface area (Å²) in [7, 11) is -1.25. The fraction of sp³-hybridized carbons (Fsp3) is 0.429. The Morgan fingerprint density at radius 3 is 2.65 bits per heavy atom. The van der Waals surface area contributed by atoms with Crippen LogP contribution in [-0.2, 0) is 24.1 Å². The summed E-state index contributed by atoms with van der Waals surface area (Å²) in [4.78, 5) is 24.7. The minimum absolute atomic E-state index is 0.248. The lowest BCUT2D eigenvalue weighted by Crippen LogP contribution is -2.42. The smallest absolute Gasteiger partial charge is 0.302 e. The Labute approximate surface area is 137 Å². The number of nitrogens with zero attached hydrogens (tertiary/aromatic N) is 3. The molecule has 23 heavy (non-hydrogen) atoms. The number of thiophene rings is 1. The highest BCUT2D eigenvalue weighted by molar-refractivity contribution is 7.89. The van der Waals surface area contributed by atoms with E-state index in [9.17, 15) is 18.0 Å². The molecule has 1 aliphatic heterocycles. The van der Waals surface area contributed by atoms with Gasteiger partial charge in [-0.15, -0.1) is 11.3 Å². The topological polar surface area (TPSA) is 81.4 Å². The lowest BCUT2D eigenvalue weighted by molar-refractivity contribution is 0.399. The van der Waals surface area contributed by atoms with Crippen molar-refractivity contribution in [2.24, 2.45) is 14.1 Å². The second kappa shape index (κ2) is 5.73. The monoisotopic (exact) mass is 355 g/mol. The highest BCUT2D eigenvalue weighted by Crippen LogP contribution is 2.37. The van der Waals surface area contributed by atoms with Crippen molar-refractivity contribution in [3.05, 3.63) is 49.4 Å². The minimum Gasteiger partial charge on any atom is -0.302 e. The lowest BCUT2D eigenvalue weighted by atomic mass is 10.2. The van der Waals surface area contributed by atoms with Gasteiger partial charge in [0.2, 0.25) is 0 Å². The van der Waals surface area contributed by atoms with Crippen LogP contribution in [-0.4, -0.2) is 28.4 Å². The Morgan fingerprint density at radius 1 is 1.26 bits per heavy atom. The summed E-state index contributed by atoms with van der Waals surface area (Å²) in [5.41, 5.74) is -1.34. The molecule has 0 amide bonds. The zero-order valence-electron chi connectivity index (χ0n) is 12.8. The predicted molar refractivity (Wildman–Crippen MR) is 87.1 cm³/mol. The molecule has 124 valence electrons. The second-order valence-electron chi connectivity index (χ2n) is 5.54. The summed E-state index contributed by atoms with van der Waals surface area (Å²) in [5, 5.41) is 1.91. The largest absolute Gasteiger partial charge is 0.330 e. The molecule has 2 aromatic heterocycles. The van der Waals surface area contributed by atoms with Crippen molar-refractivity contribution in [3.63, 3.8) is 0 Å². The van der Waals surface area contributed by atoms with Crippen LogP contribution in [0.3, 0.4) is 0 Å². The maximum atomic E-state index is 13.0. The molecule has 3 rings (SSSR count). The first-order valence-corrected chi connectivity index (χ1v) is 9.48. The molecule has 7 nitrogen and oxygen atoms in total. The van der Waals surface area contributed by atoms with E-state index in [1.165, 1.54) is 29.7 Å². The molecule has 1 fully saturated rings. The van der Waals surface area contributed by atoms with Crippen molar-refractivity contribution < 1.29 is 8.42 Å². The predicted octanol–water partition coefficient (Wildman–Crippen LogP) is 0.671. The molecule has 0 spiro atoms. The van der Waals surface area contributed by atoms with Gasteiger partial charge in [-0.2, -0.15) is 4.31 Å². The summed E-state index contributed by atoms with van der Waals surface area (Å²) >= 11 is 1.50. The van der Waals surface area contributed by atoms with Gasteiger partial charge in [-0.05, 0) is 24.3 Å². The van der Waals surface area contributed by atoms with Crippen molar-refractivity contribution in [2.45, 2.75) is 23.8 Å². The molecule has 1 atom stereocenters. The number of hydrogen-bond acceptors (Lipinski definition) is 5. The van der Waals surface area contributed by atoms with Gasteiger partial charge in [0, 0.05) is 31.7 Å². The summed E-state index contributed by atoms with van der Waals surface area (Å²) in [6, 6.07) is 3.54. The van der Waals surface area contributed by atoms with E-state index in [0.29, 0.717) is 6.54 Å². The van der Waals surface area contributed by atoms with Crippen LogP contribution >= 0.6 is 11.3 Å². The molecule has 1 saturated heterocycles. The molecular weight excluding hydrogens is 338 g/mol. The van der Waals surface area contributed by atoms with Crippen molar-refractivity contribution in [1.82, 2.24) is 13.4 Å². The quantitative estimate of drug-likeness (QED) is 0.810. The highest BCUT2D eigenvalue weighted by Gasteiger charge is 2.38. The molecule has 0 unspecified atom stereocenters. The van der Waals surface area contributed by atoms with E-state index in [1.54, 1.807) is 0 Å². The maximum Gasteiger partial charge on any atom is 0.330 e. The van der Waals surface area contributed by atoms with E-state index in [1.807, 2.05) is 17.5 Å². The van der Waals surface area contributed by atoms with Gasteiger partial charge in [0.25, 0.3) is 15.6 Å². The Kier molecular flexibility index (Phi) is 4.03. The number of rotatable bonds is 3. The third-order valence-corrected chi connectivity index (χ3v) is 6.94. The van der Waals surface area contributed by atoms with Crippen LogP contribution in [0.2, 0.25) is 0 Å². The van der Waals surface area contributed by atoms with Crippen molar-refractivity contribution in [3.8, 4) is 0 Å². The summed E-state index contributed by atoms with van der Waals surface area (Å²) in [6.07, 6.45) is 2.59. The third kappa shape index (κ3) is 2.58. The second-order valence-corrected chi connectivity index (χ2v) is 8.38. The standard InChI is InChI=1S/C14H17N3O4S2/c1-15-9-12(13(18)16(2)14(15)19)23(20,21)17-7-3-5-10(17)11-6-4-8-22-11/h4,6,8-10H,3,5,7H2,1-2H3/t10-/m0/s1. The van der Waals surface area contributed by atoms with Crippen LogP contribution in [0.5, 0.6) is 0 Å². The lowest BCUT2D eigenvalue weighted by Gasteiger charge is -2.23. The van der Waals surface area contributed by atoms with Gasteiger partial charge >= 0.3 is 5.69 Å². The van der Waals surface area contributed by atoms with Crippen LogP contribution in [0.15, 0.2) is 38.2 Å². The van der Waals surface area contributed by atoms with Gasteiger partial charge < -0.3 is 4.57 Å². The highest BCUT2D eigenvalue weighted by atomic mass is 32.2. The number of hydrogen-bond donors (Lipinski definition) is 0. The van der Waals surface area contributed by atoms with Gasteiger partial charge in [0.1, 0.15) is 0 Å². The van der Waals surface area contributed by atoms with E-state index in [0.717, 1.165) is 33.0 Å². The molecule has 0 N–H and O–H groups in total. The average molecular weight is 355 g/mol. The SMILES string of the molecule is Cn1cc(S(=O)(=O)N2CCC[C@H]2c2cccs2)c(=O)n(C)c1=O. The van der Waals surface area contributed by atoms with Gasteiger partial charge in [0.05, 0.1) is 6.04 Å². The van der Waals surface area contributed by atoms with Crippen LogP contribution in [0, 0.1) is 0 Å². The molecule has 3 heterocycles. The Balaban J connectivity index is 2.13. The summed E-state index contributed by atoms with van der Waals surface area (Å²) in [5.74, 6) is 0. The zero-order chi connectivity index (χ0) is 16.8. The van der Waals surface area contributed by atoms with E-state index in [2.05, 4.69) is 0 Å². The van der Waals surface area contributed by atoms with Crippen molar-refractivity contribution in [1.29, 1.82) is 0 Å². The molecule has 0 aromatic carbocycles. The van der Waals surface area contributed by atoms with E-state index < -0.39 is 21.3 Å². The molecule has 0 aliphatic carbocycles. The molecule has 0 radical (unpaired) electrons. The third-order valence-electron chi connectivity index (χ3n) is 4.08. The summed E-state index contributed by atoms with van der Waals surface area (Å²) < 4.78 is 29.3. The zero-order valence-corrected chi connectivity index (χ0v) is 14.4. The van der Waals surface area contributed by atoms with Gasteiger partial charge in [-0.3, -0.25) is 9.36 Å². The number of aromatic nitrogens is 2. The number of sulfonamides is 1. The van der Waals surface area contributed by atoms with E-state index >= 15 is 0 Å². The van der Waals surface area contributed by atoms with E-state index in [4.69, 9.17) is 0 Å². The first-order valence-electron chi connectivity index (χ1n) is 7.16. The van der Waals surface area contributed by atoms with Gasteiger partial charge in [-0.25, -0.2) is 13.2 Å². The normalized spacial score (nSPS) is 19.3. The first-order chi connectivity index (χ1) is 10.8. The molecule has 0 bridgehead atoms. The van der Waals surface area contributed by atoms with Crippen LogP contribution < -0.4 is 11.2 Å². The molecule has 1 aliphatic rings. The number of aryl methyl sites for hydroxylation is 1. The summed E-state index contributed by atoms with van der Waals surface area (Å²) in [6.45, 7) is 0.372. The Morgan fingerprint density at radius 2 is 2.00 bits per heavy atom. The van der Waals surface area contributed by atoms with Gasteiger partial charge in [0.15, 0.2) is 4.90 Å². The Bertz CT molecular complexity index is 941. The van der Waals surface area contributed by atoms with Crippen LogP contribution in [0.4, 0.5) is 0 Å². The fourth-order valence-corrected chi connectivity index (χ4v) is 5.64. The maximum absolute atomic E-state index is 13.0. The van der Waals surface area contributed by atoms with Crippen molar-refractivity contribution >= 4 is 21.4 Å². The Hall–Kier alpha value is -1.71. The first kappa shape index (κ1) is 16.2. The minimum atomic E-state index is -3.96. The fourth-order valence-electron chi connectivity index (χ4n) is 2.87.